The van der Waals surface area contributed by atoms with Gasteiger partial charge >= 0.3 is 0 Å². The highest BCUT2D eigenvalue weighted by Crippen LogP contribution is 2.17. The van der Waals surface area contributed by atoms with Gasteiger partial charge in [-0.05, 0) is 45.0 Å². The Morgan fingerprint density at radius 1 is 1.20 bits per heavy atom. The summed E-state index contributed by atoms with van der Waals surface area (Å²) in [5.41, 5.74) is 3.39. The van der Waals surface area contributed by atoms with E-state index < -0.39 is 0 Å². The Kier molecular flexibility index (Phi) is 15.6. The second-order valence-electron chi connectivity index (χ2n) is 5.49. The van der Waals surface area contributed by atoms with E-state index in [1.165, 1.54) is 7.11 Å². The summed E-state index contributed by atoms with van der Waals surface area (Å²) >= 11 is 1.56. The molecule has 7 nitrogen and oxygen atoms in total. The van der Waals surface area contributed by atoms with Crippen molar-refractivity contribution in [2.24, 2.45) is 10.3 Å². The van der Waals surface area contributed by atoms with Crippen molar-refractivity contribution in [3.8, 4) is 0 Å². The van der Waals surface area contributed by atoms with Gasteiger partial charge in [0.15, 0.2) is 6.29 Å². The van der Waals surface area contributed by atoms with Gasteiger partial charge in [0, 0.05) is 11.1 Å². The van der Waals surface area contributed by atoms with Crippen LogP contribution < -0.4 is 5.32 Å². The Labute approximate surface area is 183 Å². The number of nitrogens with one attached hydrogen (secondary N) is 1. The van der Waals surface area contributed by atoms with E-state index >= 15 is 0 Å². The number of nitrogens with zero attached hydrogens (tertiary/aromatic N) is 3. The molecule has 1 N–H and O–H groups in total. The van der Waals surface area contributed by atoms with Gasteiger partial charge in [0.25, 0.3) is 0 Å². The number of carbonyl (C=O) groups is 1. The van der Waals surface area contributed by atoms with Gasteiger partial charge in [-0.25, -0.2) is 4.98 Å². The van der Waals surface area contributed by atoms with Crippen molar-refractivity contribution in [2.75, 3.05) is 27.5 Å². The Morgan fingerprint density at radius 2 is 1.87 bits per heavy atom. The first-order valence-electron chi connectivity index (χ1n) is 9.51. The molecule has 0 amide bonds. The van der Waals surface area contributed by atoms with Crippen molar-refractivity contribution in [1.82, 2.24) is 10.3 Å². The average Bonchev–Trinajstić information content (AvgIpc) is 2.78. The SMILES string of the molecule is CC.CNC.CO/N=C(/C=O)c1cccc(C)c1CO/N=C/c1cccc(SC)n1. The fourth-order valence-electron chi connectivity index (χ4n) is 2.18. The highest BCUT2D eigenvalue weighted by atomic mass is 32.2. The maximum atomic E-state index is 11.2. The number of aromatic nitrogens is 1. The first-order valence-corrected chi connectivity index (χ1v) is 10.7. The second kappa shape index (κ2) is 17.2. The third-order valence-corrected chi connectivity index (χ3v) is 4.06. The van der Waals surface area contributed by atoms with E-state index in [-0.39, 0.29) is 12.3 Å². The largest absolute Gasteiger partial charge is 0.399 e. The number of thioether (sulfide) groups is 1. The minimum Gasteiger partial charge on any atom is -0.399 e. The van der Waals surface area contributed by atoms with Gasteiger partial charge in [-0.1, -0.05) is 48.4 Å². The number of hydrogen-bond donors (Lipinski definition) is 1. The molecule has 1 aromatic heterocycles. The molecule has 0 saturated carbocycles. The molecule has 2 aromatic rings. The monoisotopic (exact) mass is 432 g/mol. The van der Waals surface area contributed by atoms with E-state index in [1.807, 2.05) is 71.5 Å². The van der Waals surface area contributed by atoms with E-state index in [1.54, 1.807) is 24.0 Å². The van der Waals surface area contributed by atoms with Crippen LogP contribution in [0, 0.1) is 6.92 Å². The number of hydrogen-bond acceptors (Lipinski definition) is 8. The summed E-state index contributed by atoms with van der Waals surface area (Å²) in [7, 11) is 5.15. The molecule has 2 rings (SSSR count). The number of carbonyl (C=O) groups excluding carboxylic acids is 1. The molecule has 1 heterocycles. The van der Waals surface area contributed by atoms with Gasteiger partial charge < -0.3 is 15.0 Å². The van der Waals surface area contributed by atoms with Crippen molar-refractivity contribution < 1.29 is 14.5 Å². The van der Waals surface area contributed by atoms with Crippen LogP contribution >= 0.6 is 11.8 Å². The van der Waals surface area contributed by atoms with Crippen LogP contribution in [0.15, 0.2) is 51.7 Å². The van der Waals surface area contributed by atoms with E-state index in [0.717, 1.165) is 16.2 Å². The van der Waals surface area contributed by atoms with Crippen LogP contribution in [-0.4, -0.2) is 50.7 Å². The zero-order valence-corrected chi connectivity index (χ0v) is 19.6. The smallest absolute Gasteiger partial charge is 0.172 e. The fraction of sp³-hybridized carbons (Fsp3) is 0.364. The molecule has 0 unspecified atom stereocenters. The predicted molar refractivity (Wildman–Crippen MR) is 126 cm³/mol. The maximum absolute atomic E-state index is 11.2. The summed E-state index contributed by atoms with van der Waals surface area (Å²) in [6.07, 6.45) is 4.18. The first kappa shape index (κ1) is 27.3. The lowest BCUT2D eigenvalue weighted by atomic mass is 9.99. The Hall–Kier alpha value is -2.71. The Morgan fingerprint density at radius 3 is 2.47 bits per heavy atom. The molecule has 0 saturated heterocycles. The van der Waals surface area contributed by atoms with Crippen LogP contribution in [0.4, 0.5) is 0 Å². The standard InChI is InChI=1S/C18H19N3O3S.C2H7N.C2H6/c1-13-6-4-8-15(17(11-22)21-23-2)16(13)12-24-19-10-14-7-5-9-18(20-14)25-3;1-3-2;1-2/h4-11H,12H2,1-3H3;3H,1-2H3;1-2H3/b19-10+,21-17-;;. The topological polar surface area (TPSA) is 85.2 Å². The highest BCUT2D eigenvalue weighted by Gasteiger charge is 2.12. The van der Waals surface area contributed by atoms with Gasteiger partial charge in [-0.15, -0.1) is 11.8 Å². The van der Waals surface area contributed by atoms with E-state index in [0.29, 0.717) is 17.5 Å². The molecule has 0 bridgehead atoms. The number of rotatable bonds is 8. The van der Waals surface area contributed by atoms with Gasteiger partial charge in [0.1, 0.15) is 19.4 Å². The highest BCUT2D eigenvalue weighted by molar-refractivity contribution is 7.98. The normalized spacial score (nSPS) is 10.4. The summed E-state index contributed by atoms with van der Waals surface area (Å²) in [5, 5.41) is 11.4. The van der Waals surface area contributed by atoms with Crippen LogP contribution in [0.5, 0.6) is 0 Å². The van der Waals surface area contributed by atoms with Crippen molar-refractivity contribution >= 4 is 30.0 Å². The lowest BCUT2D eigenvalue weighted by Crippen LogP contribution is -2.09. The predicted octanol–water partition coefficient (Wildman–Crippen LogP) is 4.07. The molecule has 0 aliphatic heterocycles. The zero-order chi connectivity index (χ0) is 22.8. The number of benzene rings is 1. The van der Waals surface area contributed by atoms with E-state index in [4.69, 9.17) is 9.68 Å². The van der Waals surface area contributed by atoms with Crippen molar-refractivity contribution in [3.63, 3.8) is 0 Å². The molecule has 164 valence electrons. The van der Waals surface area contributed by atoms with Gasteiger partial charge in [-0.3, -0.25) is 4.79 Å². The molecule has 0 spiro atoms. The molecule has 30 heavy (non-hydrogen) atoms. The Bertz CT molecular complexity index is 811. The van der Waals surface area contributed by atoms with Crippen molar-refractivity contribution in [1.29, 1.82) is 0 Å². The molecule has 0 radical (unpaired) electrons. The van der Waals surface area contributed by atoms with Crippen molar-refractivity contribution in [2.45, 2.75) is 32.4 Å². The zero-order valence-electron chi connectivity index (χ0n) is 18.8. The van der Waals surface area contributed by atoms with Crippen LogP contribution in [0.3, 0.4) is 0 Å². The van der Waals surface area contributed by atoms with Crippen LogP contribution in [0.1, 0.15) is 36.2 Å². The molecule has 0 aliphatic rings. The molecule has 0 atom stereocenters. The first-order chi connectivity index (χ1) is 14.6. The van der Waals surface area contributed by atoms with Gasteiger partial charge in [0.2, 0.25) is 0 Å². The summed E-state index contributed by atoms with van der Waals surface area (Å²) in [6, 6.07) is 11.3. The number of oxime groups is 2. The molecule has 0 aliphatic carbocycles. The third-order valence-electron chi connectivity index (χ3n) is 3.41. The second-order valence-corrected chi connectivity index (χ2v) is 6.32. The summed E-state index contributed by atoms with van der Waals surface area (Å²) in [4.78, 5) is 25.8. The van der Waals surface area contributed by atoms with Crippen LogP contribution in [0.2, 0.25) is 0 Å². The minimum atomic E-state index is 0.206. The third kappa shape index (κ3) is 9.67. The maximum Gasteiger partial charge on any atom is 0.172 e. The minimum absolute atomic E-state index is 0.206. The van der Waals surface area contributed by atoms with E-state index in [9.17, 15) is 4.79 Å². The molecule has 1 aromatic carbocycles. The number of aldehydes is 1. The van der Waals surface area contributed by atoms with Gasteiger partial charge in [-0.2, -0.15) is 0 Å². The fourth-order valence-corrected chi connectivity index (χ4v) is 2.59. The molecule has 8 heteroatoms. The lowest BCUT2D eigenvalue weighted by molar-refractivity contribution is -0.102. The van der Waals surface area contributed by atoms with E-state index in [2.05, 4.69) is 20.6 Å². The van der Waals surface area contributed by atoms with Gasteiger partial charge in [0.05, 0.1) is 16.9 Å². The number of aryl methyl sites for hydroxylation is 1. The lowest BCUT2D eigenvalue weighted by Gasteiger charge is -2.10. The summed E-state index contributed by atoms with van der Waals surface area (Å²) in [6.45, 7) is 6.14. The van der Waals surface area contributed by atoms with Crippen LogP contribution in [-0.2, 0) is 21.1 Å². The molecular formula is C22H32N4O3S. The summed E-state index contributed by atoms with van der Waals surface area (Å²) in [5.74, 6) is 0. The Balaban J connectivity index is 0.00000154. The molecular weight excluding hydrogens is 400 g/mol. The number of pyridine rings is 1. The summed E-state index contributed by atoms with van der Waals surface area (Å²) < 4.78 is 0. The van der Waals surface area contributed by atoms with Crippen molar-refractivity contribution in [3.05, 3.63) is 58.8 Å². The average molecular weight is 433 g/mol. The quantitative estimate of drug-likeness (QED) is 0.293. The molecule has 0 fully saturated rings. The van der Waals surface area contributed by atoms with Crippen LogP contribution in [0.25, 0.3) is 0 Å².